The largest absolute Gasteiger partial charge is 0.324 e. The first-order chi connectivity index (χ1) is 9.95. The van der Waals surface area contributed by atoms with E-state index >= 15 is 0 Å². The zero-order valence-corrected chi connectivity index (χ0v) is 15.0. The average Bonchev–Trinajstić information content (AvgIpc) is 2.44. The number of nitrogens with one attached hydrogen (secondary N) is 1. The molecule has 2 rings (SSSR count). The molecule has 1 unspecified atom stereocenters. The summed E-state index contributed by atoms with van der Waals surface area (Å²) < 4.78 is 1.01. The SMILES string of the molecule is CC(Sc1ccc(Br)cc1)C(=O)Nc1ccc(Cl)cc1Cl. The second kappa shape index (κ2) is 7.54. The van der Waals surface area contributed by atoms with Crippen molar-refractivity contribution in [3.8, 4) is 0 Å². The summed E-state index contributed by atoms with van der Waals surface area (Å²) in [5, 5.41) is 3.54. The number of anilines is 1. The molecular weight excluding hydrogens is 393 g/mol. The van der Waals surface area contributed by atoms with Crippen LogP contribution in [0.25, 0.3) is 0 Å². The van der Waals surface area contributed by atoms with Crippen LogP contribution in [0.3, 0.4) is 0 Å². The van der Waals surface area contributed by atoms with Gasteiger partial charge in [0.15, 0.2) is 0 Å². The van der Waals surface area contributed by atoms with Gasteiger partial charge in [-0.05, 0) is 49.4 Å². The summed E-state index contributed by atoms with van der Waals surface area (Å²) in [7, 11) is 0. The van der Waals surface area contributed by atoms with Gasteiger partial charge in [-0.2, -0.15) is 0 Å². The Morgan fingerprint density at radius 2 is 1.86 bits per heavy atom. The number of carbonyl (C=O) groups excluding carboxylic acids is 1. The minimum Gasteiger partial charge on any atom is -0.324 e. The van der Waals surface area contributed by atoms with Gasteiger partial charge in [-0.3, -0.25) is 4.79 Å². The van der Waals surface area contributed by atoms with E-state index in [1.54, 1.807) is 18.2 Å². The number of hydrogen-bond acceptors (Lipinski definition) is 2. The molecule has 0 saturated carbocycles. The van der Waals surface area contributed by atoms with Crippen LogP contribution in [-0.2, 0) is 4.79 Å². The summed E-state index contributed by atoms with van der Waals surface area (Å²) in [6.07, 6.45) is 0. The number of thioether (sulfide) groups is 1. The highest BCUT2D eigenvalue weighted by molar-refractivity contribution is 9.10. The fourth-order valence-corrected chi connectivity index (χ4v) is 3.18. The highest BCUT2D eigenvalue weighted by Crippen LogP contribution is 2.28. The molecule has 1 N–H and O–H groups in total. The van der Waals surface area contributed by atoms with Crippen LogP contribution >= 0.6 is 50.9 Å². The number of benzene rings is 2. The normalized spacial score (nSPS) is 12.0. The van der Waals surface area contributed by atoms with E-state index in [1.807, 2.05) is 31.2 Å². The third-order valence-electron chi connectivity index (χ3n) is 2.68. The summed E-state index contributed by atoms with van der Waals surface area (Å²) in [5.74, 6) is -0.104. The van der Waals surface area contributed by atoms with E-state index in [2.05, 4.69) is 21.2 Å². The first-order valence-corrected chi connectivity index (χ1v) is 8.56. The Morgan fingerprint density at radius 1 is 1.19 bits per heavy atom. The third-order valence-corrected chi connectivity index (χ3v) is 4.87. The quantitative estimate of drug-likeness (QED) is 0.645. The predicted molar refractivity (Wildman–Crippen MR) is 94.6 cm³/mol. The van der Waals surface area contributed by atoms with Gasteiger partial charge in [0.05, 0.1) is 16.0 Å². The average molecular weight is 405 g/mol. The van der Waals surface area contributed by atoms with Crippen molar-refractivity contribution in [1.29, 1.82) is 0 Å². The summed E-state index contributed by atoms with van der Waals surface area (Å²) in [4.78, 5) is 13.2. The maximum absolute atomic E-state index is 12.2. The molecule has 2 aromatic rings. The van der Waals surface area contributed by atoms with Gasteiger partial charge < -0.3 is 5.32 Å². The molecule has 110 valence electrons. The van der Waals surface area contributed by atoms with Gasteiger partial charge >= 0.3 is 0 Å². The first-order valence-electron chi connectivity index (χ1n) is 6.14. The fraction of sp³-hybridized carbons (Fsp3) is 0.133. The molecule has 0 aliphatic rings. The third kappa shape index (κ3) is 4.92. The van der Waals surface area contributed by atoms with Gasteiger partial charge in [-0.15, -0.1) is 11.8 Å². The lowest BCUT2D eigenvalue weighted by Crippen LogP contribution is -2.22. The van der Waals surface area contributed by atoms with E-state index in [0.29, 0.717) is 15.7 Å². The Bertz CT molecular complexity index is 649. The highest BCUT2D eigenvalue weighted by atomic mass is 79.9. The van der Waals surface area contributed by atoms with E-state index < -0.39 is 0 Å². The molecular formula is C15H12BrCl2NOS. The second-order valence-corrected chi connectivity index (χ2v) is 7.50. The van der Waals surface area contributed by atoms with E-state index in [4.69, 9.17) is 23.2 Å². The van der Waals surface area contributed by atoms with Crippen LogP contribution in [0.1, 0.15) is 6.92 Å². The predicted octanol–water partition coefficient (Wildman–Crippen LogP) is 5.88. The van der Waals surface area contributed by atoms with Gasteiger partial charge in [-0.25, -0.2) is 0 Å². The van der Waals surface area contributed by atoms with E-state index in [-0.39, 0.29) is 11.2 Å². The zero-order valence-electron chi connectivity index (χ0n) is 11.1. The molecule has 0 aliphatic heterocycles. The van der Waals surface area contributed by atoms with Crippen molar-refractivity contribution in [3.63, 3.8) is 0 Å². The minimum absolute atomic E-state index is 0.104. The highest BCUT2D eigenvalue weighted by Gasteiger charge is 2.15. The number of hydrogen-bond donors (Lipinski definition) is 1. The number of carbonyl (C=O) groups is 1. The lowest BCUT2D eigenvalue weighted by Gasteiger charge is -2.13. The molecule has 0 radical (unpaired) electrons. The van der Waals surface area contributed by atoms with Crippen LogP contribution in [0.5, 0.6) is 0 Å². The Kier molecular flexibility index (Phi) is 5.99. The lowest BCUT2D eigenvalue weighted by molar-refractivity contribution is -0.115. The maximum Gasteiger partial charge on any atom is 0.237 e. The molecule has 0 fully saturated rings. The van der Waals surface area contributed by atoms with E-state index in [9.17, 15) is 4.79 Å². The van der Waals surface area contributed by atoms with Gasteiger partial charge in [0, 0.05) is 14.4 Å². The van der Waals surface area contributed by atoms with Gasteiger partial charge in [-0.1, -0.05) is 39.1 Å². The van der Waals surface area contributed by atoms with Crippen molar-refractivity contribution < 1.29 is 4.79 Å². The van der Waals surface area contributed by atoms with Gasteiger partial charge in [0.2, 0.25) is 5.91 Å². The van der Waals surface area contributed by atoms with Crippen LogP contribution in [0.4, 0.5) is 5.69 Å². The summed E-state index contributed by atoms with van der Waals surface area (Å²) in [6, 6.07) is 12.8. The maximum atomic E-state index is 12.2. The van der Waals surface area contributed by atoms with Crippen molar-refractivity contribution in [2.75, 3.05) is 5.32 Å². The van der Waals surface area contributed by atoms with Crippen LogP contribution < -0.4 is 5.32 Å². The standard InChI is InChI=1S/C15H12BrCl2NOS/c1-9(21-12-5-2-10(16)3-6-12)15(20)19-14-7-4-11(17)8-13(14)18/h2-9H,1H3,(H,19,20). The van der Waals surface area contributed by atoms with Gasteiger partial charge in [0.25, 0.3) is 0 Å². The van der Waals surface area contributed by atoms with E-state index in [0.717, 1.165) is 9.37 Å². The topological polar surface area (TPSA) is 29.1 Å². The molecule has 2 aromatic carbocycles. The van der Waals surface area contributed by atoms with Crippen molar-refractivity contribution in [2.24, 2.45) is 0 Å². The molecule has 6 heteroatoms. The Labute approximate surface area is 146 Å². The fourth-order valence-electron chi connectivity index (χ4n) is 1.60. The number of amides is 1. The molecule has 0 aromatic heterocycles. The molecule has 1 atom stereocenters. The monoisotopic (exact) mass is 403 g/mol. The van der Waals surface area contributed by atoms with Crippen molar-refractivity contribution in [3.05, 3.63) is 57.0 Å². The smallest absolute Gasteiger partial charge is 0.237 e. The van der Waals surface area contributed by atoms with E-state index in [1.165, 1.54) is 11.8 Å². The first kappa shape index (κ1) is 16.7. The Balaban J connectivity index is 2.00. The van der Waals surface area contributed by atoms with Crippen molar-refractivity contribution >= 4 is 62.5 Å². The molecule has 2 nitrogen and oxygen atoms in total. The summed E-state index contributed by atoms with van der Waals surface area (Å²) >= 11 is 16.7. The van der Waals surface area contributed by atoms with Crippen molar-refractivity contribution in [2.45, 2.75) is 17.1 Å². The van der Waals surface area contributed by atoms with Crippen LogP contribution in [-0.4, -0.2) is 11.2 Å². The number of halogens is 3. The molecule has 0 heterocycles. The summed E-state index contributed by atoms with van der Waals surface area (Å²) in [5.41, 5.74) is 0.564. The number of rotatable bonds is 4. The molecule has 21 heavy (non-hydrogen) atoms. The van der Waals surface area contributed by atoms with Crippen LogP contribution in [0, 0.1) is 0 Å². The van der Waals surface area contributed by atoms with Gasteiger partial charge in [0.1, 0.15) is 0 Å². The molecule has 0 bridgehead atoms. The second-order valence-electron chi connectivity index (χ2n) is 4.33. The molecule has 0 saturated heterocycles. The van der Waals surface area contributed by atoms with Crippen LogP contribution in [0.15, 0.2) is 51.8 Å². The Morgan fingerprint density at radius 3 is 2.48 bits per heavy atom. The van der Waals surface area contributed by atoms with Crippen LogP contribution in [0.2, 0.25) is 10.0 Å². The molecule has 0 spiro atoms. The Hall–Kier alpha value is -0.680. The lowest BCUT2D eigenvalue weighted by atomic mass is 10.3. The summed E-state index contributed by atoms with van der Waals surface area (Å²) in [6.45, 7) is 1.85. The minimum atomic E-state index is -0.238. The van der Waals surface area contributed by atoms with Crippen molar-refractivity contribution in [1.82, 2.24) is 0 Å². The molecule has 1 amide bonds. The zero-order chi connectivity index (χ0) is 15.4. The molecule has 0 aliphatic carbocycles.